The lowest BCUT2D eigenvalue weighted by Gasteiger charge is -2.08. The number of carbonyl (C=O) groups is 2. The summed E-state index contributed by atoms with van der Waals surface area (Å²) < 4.78 is 11.5. The van der Waals surface area contributed by atoms with Crippen LogP contribution in [-0.2, 0) is 6.54 Å². The minimum atomic E-state index is -0.726. The number of amides is 2. The number of carbonyl (C=O) groups excluding carboxylic acids is 2. The number of primary amides is 1. The normalized spacial score (nSPS) is 12.9. The van der Waals surface area contributed by atoms with E-state index in [0.717, 1.165) is 29.8 Å². The highest BCUT2D eigenvalue weighted by molar-refractivity contribution is 5.91. The van der Waals surface area contributed by atoms with Crippen LogP contribution in [0.15, 0.2) is 59.1 Å². The van der Waals surface area contributed by atoms with Crippen LogP contribution in [0.4, 0.5) is 4.79 Å². The third-order valence-corrected chi connectivity index (χ3v) is 5.85. The summed E-state index contributed by atoms with van der Waals surface area (Å²) in [7, 11) is 1.60. The largest absolute Gasteiger partial charge is 0.507 e. The summed E-state index contributed by atoms with van der Waals surface area (Å²) in [6.45, 7) is 0.331. The van der Waals surface area contributed by atoms with E-state index in [1.54, 1.807) is 19.2 Å². The Balaban J connectivity index is 1.42. The van der Waals surface area contributed by atoms with Crippen molar-refractivity contribution < 1.29 is 24.0 Å². The fourth-order valence-corrected chi connectivity index (χ4v) is 3.78. The number of methoxy groups -OCH3 is 1. The Bertz CT molecular complexity index is 1400. The van der Waals surface area contributed by atoms with Crippen molar-refractivity contribution in [3.63, 3.8) is 0 Å². The van der Waals surface area contributed by atoms with Crippen LogP contribution < -0.4 is 15.8 Å². The highest BCUT2D eigenvalue weighted by Gasteiger charge is 2.31. The predicted octanol–water partition coefficient (Wildman–Crippen LogP) is 3.65. The lowest BCUT2D eigenvalue weighted by molar-refractivity contribution is 0.0965. The number of hydrogen-bond acceptors (Lipinski definition) is 7. The molecular formula is C25H23N5O5. The van der Waals surface area contributed by atoms with E-state index in [0.29, 0.717) is 29.1 Å². The molecule has 0 aliphatic heterocycles. The van der Waals surface area contributed by atoms with Gasteiger partial charge in [-0.15, -0.1) is 0 Å². The number of aromatic hydroxyl groups is 1. The maximum Gasteiger partial charge on any atom is 0.342 e. The Morgan fingerprint density at radius 2 is 1.91 bits per heavy atom. The second-order valence-corrected chi connectivity index (χ2v) is 8.32. The van der Waals surface area contributed by atoms with Crippen LogP contribution in [0.3, 0.4) is 0 Å². The van der Waals surface area contributed by atoms with Crippen molar-refractivity contribution in [2.75, 3.05) is 7.11 Å². The van der Waals surface area contributed by atoms with Crippen molar-refractivity contribution in [2.24, 2.45) is 5.73 Å². The number of phenolic OH excluding ortho intramolecular Hbond substituents is 1. The van der Waals surface area contributed by atoms with Crippen molar-refractivity contribution >= 4 is 11.9 Å². The van der Waals surface area contributed by atoms with Crippen LogP contribution in [0.2, 0.25) is 0 Å². The van der Waals surface area contributed by atoms with Gasteiger partial charge in [0.05, 0.1) is 18.5 Å². The Morgan fingerprint density at radius 1 is 1.14 bits per heavy atom. The van der Waals surface area contributed by atoms with E-state index in [2.05, 4.69) is 15.6 Å². The summed E-state index contributed by atoms with van der Waals surface area (Å²) in [5.41, 5.74) is 8.81. The van der Waals surface area contributed by atoms with Gasteiger partial charge in [-0.1, -0.05) is 17.3 Å². The van der Waals surface area contributed by atoms with Gasteiger partial charge in [0.25, 0.3) is 5.91 Å². The molecule has 0 atom stereocenters. The number of phenols is 1. The molecule has 0 unspecified atom stereocenters. The molecule has 2 amide bonds. The third kappa shape index (κ3) is 4.58. The molecule has 1 aliphatic rings. The molecule has 0 saturated heterocycles. The highest BCUT2D eigenvalue weighted by Crippen LogP contribution is 2.42. The van der Waals surface area contributed by atoms with Crippen LogP contribution in [0.5, 0.6) is 11.5 Å². The number of aromatic nitrogens is 3. The molecule has 1 fully saturated rings. The molecule has 0 bridgehead atoms. The number of nitrogens with one attached hydrogen (secondary N) is 1. The van der Waals surface area contributed by atoms with Crippen molar-refractivity contribution in [2.45, 2.75) is 25.3 Å². The van der Waals surface area contributed by atoms with Crippen LogP contribution in [0.25, 0.3) is 22.5 Å². The molecule has 35 heavy (non-hydrogen) atoms. The first kappa shape index (κ1) is 22.2. The Kier molecular flexibility index (Phi) is 5.69. The second-order valence-electron chi connectivity index (χ2n) is 8.32. The SMILES string of the molecule is COc1ccc(CNC(=O)n2nc(-c3cc(-c4cc(C(N)=O)on4)ccc3O)cc2C2CC2)cc1. The topological polar surface area (TPSA) is 146 Å². The van der Waals surface area contributed by atoms with E-state index in [9.17, 15) is 14.7 Å². The number of nitrogens with two attached hydrogens (primary N) is 1. The summed E-state index contributed by atoms with van der Waals surface area (Å²) in [5.74, 6) is 0.186. The average Bonchev–Trinajstić information content (AvgIpc) is 3.41. The second kappa shape index (κ2) is 8.98. The van der Waals surface area contributed by atoms with Crippen LogP contribution in [-0.4, -0.2) is 39.1 Å². The Morgan fingerprint density at radius 3 is 2.57 bits per heavy atom. The molecule has 178 valence electrons. The van der Waals surface area contributed by atoms with Crippen LogP contribution in [0.1, 0.15) is 40.6 Å². The maximum atomic E-state index is 13.0. The molecule has 2 aromatic heterocycles. The zero-order valence-corrected chi connectivity index (χ0v) is 18.9. The Hall–Kier alpha value is -4.60. The molecule has 1 aliphatic carbocycles. The van der Waals surface area contributed by atoms with E-state index >= 15 is 0 Å². The predicted molar refractivity (Wildman–Crippen MR) is 126 cm³/mol. The lowest BCUT2D eigenvalue weighted by atomic mass is 10.0. The fraction of sp³-hybridized carbons (Fsp3) is 0.200. The number of ether oxygens (including phenoxy) is 1. The quantitative estimate of drug-likeness (QED) is 0.371. The van der Waals surface area contributed by atoms with Crippen molar-refractivity contribution in [3.05, 3.63) is 71.6 Å². The summed E-state index contributed by atoms with van der Waals surface area (Å²) in [6, 6.07) is 15.1. The molecule has 5 rings (SSSR count). The van der Waals surface area contributed by atoms with E-state index in [1.165, 1.54) is 16.8 Å². The summed E-state index contributed by atoms with van der Waals surface area (Å²) >= 11 is 0. The van der Waals surface area contributed by atoms with Gasteiger partial charge >= 0.3 is 6.03 Å². The minimum absolute atomic E-state index is 0.00184. The van der Waals surface area contributed by atoms with E-state index in [1.807, 2.05) is 30.3 Å². The average molecular weight is 473 g/mol. The van der Waals surface area contributed by atoms with Gasteiger partial charge in [-0.2, -0.15) is 9.78 Å². The first-order chi connectivity index (χ1) is 16.9. The summed E-state index contributed by atoms with van der Waals surface area (Å²) in [5, 5.41) is 21.8. The van der Waals surface area contributed by atoms with Crippen molar-refractivity contribution in [1.82, 2.24) is 20.3 Å². The third-order valence-electron chi connectivity index (χ3n) is 5.85. The van der Waals surface area contributed by atoms with Gasteiger partial charge in [-0.25, -0.2) is 4.79 Å². The first-order valence-electron chi connectivity index (χ1n) is 11.0. The molecule has 4 aromatic rings. The Labute approximate surface area is 200 Å². The molecule has 2 aromatic carbocycles. The number of rotatable bonds is 7. The van der Waals surface area contributed by atoms with E-state index in [4.69, 9.17) is 15.0 Å². The number of benzene rings is 2. The molecular weight excluding hydrogens is 450 g/mol. The van der Waals surface area contributed by atoms with E-state index in [-0.39, 0.29) is 23.5 Å². The van der Waals surface area contributed by atoms with Gasteiger partial charge in [0.1, 0.15) is 17.2 Å². The van der Waals surface area contributed by atoms with Crippen LogP contribution >= 0.6 is 0 Å². The van der Waals surface area contributed by atoms with E-state index < -0.39 is 5.91 Å². The zero-order chi connectivity index (χ0) is 24.5. The number of hydrogen-bond donors (Lipinski definition) is 3. The summed E-state index contributed by atoms with van der Waals surface area (Å²) in [4.78, 5) is 24.3. The lowest BCUT2D eigenvalue weighted by Crippen LogP contribution is -2.30. The number of nitrogens with zero attached hydrogens (tertiary/aromatic N) is 3. The summed E-state index contributed by atoms with van der Waals surface area (Å²) in [6.07, 6.45) is 1.94. The molecule has 1 saturated carbocycles. The van der Waals surface area contributed by atoms with Gasteiger partial charge in [0.15, 0.2) is 0 Å². The standard InChI is InChI=1S/C25H23N5O5/c1-34-17-7-2-14(3-8-17)13-27-25(33)30-21(15-4-5-15)11-20(28-30)18-10-16(6-9-22(18)31)19-12-23(24(26)32)35-29-19/h2-3,6-12,15,31H,4-5,13H2,1H3,(H2,26,32)(H,27,33). The van der Waals surface area contributed by atoms with Crippen molar-refractivity contribution in [1.29, 1.82) is 0 Å². The van der Waals surface area contributed by atoms with Gasteiger partial charge < -0.3 is 25.4 Å². The smallest absolute Gasteiger partial charge is 0.342 e. The monoisotopic (exact) mass is 473 g/mol. The highest BCUT2D eigenvalue weighted by atomic mass is 16.5. The minimum Gasteiger partial charge on any atom is -0.507 e. The van der Waals surface area contributed by atoms with Crippen LogP contribution in [0, 0.1) is 0 Å². The molecule has 2 heterocycles. The molecule has 10 heteroatoms. The van der Waals surface area contributed by atoms with Crippen molar-refractivity contribution in [3.8, 4) is 34.0 Å². The first-order valence-corrected chi connectivity index (χ1v) is 11.0. The fourth-order valence-electron chi connectivity index (χ4n) is 3.78. The van der Waals surface area contributed by atoms with Gasteiger partial charge in [-0.3, -0.25) is 4.79 Å². The maximum absolute atomic E-state index is 13.0. The van der Waals surface area contributed by atoms with Gasteiger partial charge in [0, 0.05) is 29.7 Å². The van der Waals surface area contributed by atoms with Gasteiger partial charge in [0.2, 0.25) is 5.76 Å². The molecule has 0 spiro atoms. The zero-order valence-electron chi connectivity index (χ0n) is 18.9. The molecule has 4 N–H and O–H groups in total. The molecule has 10 nitrogen and oxygen atoms in total. The molecule has 0 radical (unpaired) electrons. The van der Waals surface area contributed by atoms with Gasteiger partial charge in [-0.05, 0) is 54.8 Å².